The van der Waals surface area contributed by atoms with Crippen LogP contribution in [0.25, 0.3) is 0 Å². The van der Waals surface area contributed by atoms with Crippen LogP contribution in [0.1, 0.15) is 30.5 Å². The Bertz CT molecular complexity index is 805. The number of hydrogen-bond donors (Lipinski definition) is 2. The van der Waals surface area contributed by atoms with Crippen molar-refractivity contribution in [3.8, 4) is 11.5 Å². The van der Waals surface area contributed by atoms with E-state index in [9.17, 15) is 0 Å². The molecule has 0 aliphatic rings. The number of methoxy groups -OCH3 is 2. The van der Waals surface area contributed by atoms with Crippen LogP contribution in [0.15, 0.2) is 47.5 Å². The summed E-state index contributed by atoms with van der Waals surface area (Å²) in [5, 5.41) is 6.77. The Labute approximate surface area is 174 Å². The number of nitrogens with one attached hydrogen (secondary N) is 2. The van der Waals surface area contributed by atoms with Gasteiger partial charge in [-0.1, -0.05) is 30.3 Å². The van der Waals surface area contributed by atoms with Crippen molar-refractivity contribution < 1.29 is 9.47 Å². The van der Waals surface area contributed by atoms with Gasteiger partial charge in [-0.25, -0.2) is 0 Å². The Morgan fingerprint density at radius 1 is 0.966 bits per heavy atom. The predicted molar refractivity (Wildman–Crippen MR) is 120 cm³/mol. The molecule has 0 aromatic heterocycles. The molecular formula is C23H34N4O2. The lowest BCUT2D eigenvalue weighted by molar-refractivity contribution is 0.265. The highest BCUT2D eigenvalue weighted by atomic mass is 16.5. The van der Waals surface area contributed by atoms with E-state index in [1.54, 1.807) is 21.3 Å². The van der Waals surface area contributed by atoms with Crippen molar-refractivity contribution in [2.75, 3.05) is 28.3 Å². The third kappa shape index (κ3) is 6.68. The lowest BCUT2D eigenvalue weighted by atomic mass is 10.1. The summed E-state index contributed by atoms with van der Waals surface area (Å²) in [4.78, 5) is 6.68. The molecule has 0 spiro atoms. The molecule has 0 saturated heterocycles. The second kappa shape index (κ2) is 11.3. The molecule has 2 N–H and O–H groups in total. The average molecular weight is 399 g/mol. The summed E-state index contributed by atoms with van der Waals surface area (Å²) in [6.45, 7) is 6.69. The van der Waals surface area contributed by atoms with Gasteiger partial charge < -0.3 is 20.1 Å². The molecule has 0 heterocycles. The van der Waals surface area contributed by atoms with E-state index in [4.69, 9.17) is 9.47 Å². The molecule has 0 atom stereocenters. The molecule has 0 fully saturated rings. The second-order valence-electron chi connectivity index (χ2n) is 7.25. The highest BCUT2D eigenvalue weighted by Gasteiger charge is 2.09. The van der Waals surface area contributed by atoms with Gasteiger partial charge in [0, 0.05) is 32.7 Å². The van der Waals surface area contributed by atoms with E-state index in [1.807, 2.05) is 18.2 Å². The van der Waals surface area contributed by atoms with Gasteiger partial charge in [0.15, 0.2) is 17.5 Å². The minimum absolute atomic E-state index is 0.506. The normalized spacial score (nSPS) is 11.7. The molecule has 0 bridgehead atoms. The maximum absolute atomic E-state index is 5.37. The fourth-order valence-corrected chi connectivity index (χ4v) is 2.91. The Hall–Kier alpha value is -2.73. The smallest absolute Gasteiger partial charge is 0.191 e. The SMILES string of the molecule is CN=C(NCc1ccc(OC)c(OC)c1)NCc1ccccc1CN(C)C(C)C. The highest BCUT2D eigenvalue weighted by molar-refractivity contribution is 5.79. The Morgan fingerprint density at radius 3 is 2.24 bits per heavy atom. The molecular weight excluding hydrogens is 364 g/mol. The molecule has 2 rings (SSSR count). The monoisotopic (exact) mass is 398 g/mol. The maximum Gasteiger partial charge on any atom is 0.191 e. The molecule has 2 aromatic rings. The first kappa shape index (κ1) is 22.6. The molecule has 6 heteroatoms. The molecule has 0 unspecified atom stereocenters. The van der Waals surface area contributed by atoms with E-state index in [0.29, 0.717) is 19.1 Å². The van der Waals surface area contributed by atoms with Crippen molar-refractivity contribution in [2.45, 2.75) is 39.5 Å². The number of nitrogens with zero attached hydrogens (tertiary/aromatic N) is 2. The predicted octanol–water partition coefficient (Wildman–Crippen LogP) is 3.41. The number of rotatable bonds is 9. The summed E-state index contributed by atoms with van der Waals surface area (Å²) in [6.07, 6.45) is 0. The van der Waals surface area contributed by atoms with Crippen LogP contribution in [0.2, 0.25) is 0 Å². The number of ether oxygens (including phenoxy) is 2. The van der Waals surface area contributed by atoms with E-state index in [2.05, 4.69) is 65.7 Å². The summed E-state index contributed by atoms with van der Waals surface area (Å²) >= 11 is 0. The Morgan fingerprint density at radius 2 is 1.62 bits per heavy atom. The zero-order valence-corrected chi connectivity index (χ0v) is 18.5. The number of guanidine groups is 1. The number of aliphatic imine (C=N–C) groups is 1. The molecule has 0 aliphatic heterocycles. The van der Waals surface area contributed by atoms with Crippen molar-refractivity contribution in [1.82, 2.24) is 15.5 Å². The summed E-state index contributed by atoms with van der Waals surface area (Å²) < 4.78 is 10.7. The summed E-state index contributed by atoms with van der Waals surface area (Å²) in [7, 11) is 7.21. The Balaban J connectivity index is 1.96. The van der Waals surface area contributed by atoms with Crippen molar-refractivity contribution in [3.05, 3.63) is 59.2 Å². The molecule has 0 saturated carbocycles. The fourth-order valence-electron chi connectivity index (χ4n) is 2.91. The van der Waals surface area contributed by atoms with Gasteiger partial charge in [0.25, 0.3) is 0 Å². The minimum Gasteiger partial charge on any atom is -0.493 e. The zero-order chi connectivity index (χ0) is 21.2. The molecule has 0 aliphatic carbocycles. The van der Waals surface area contributed by atoms with Gasteiger partial charge in [0.1, 0.15) is 0 Å². The molecule has 2 aromatic carbocycles. The van der Waals surface area contributed by atoms with Gasteiger partial charge in [-0.2, -0.15) is 0 Å². The van der Waals surface area contributed by atoms with E-state index in [-0.39, 0.29) is 0 Å². The largest absolute Gasteiger partial charge is 0.493 e. The van der Waals surface area contributed by atoms with E-state index in [0.717, 1.165) is 29.6 Å². The lowest BCUT2D eigenvalue weighted by Crippen LogP contribution is -2.36. The summed E-state index contributed by atoms with van der Waals surface area (Å²) in [6, 6.07) is 14.9. The third-order valence-electron chi connectivity index (χ3n) is 5.00. The van der Waals surface area contributed by atoms with Crippen LogP contribution < -0.4 is 20.1 Å². The standard InChI is InChI=1S/C23H34N4O2/c1-17(2)27(4)16-20-10-8-7-9-19(20)15-26-23(24-3)25-14-18-11-12-21(28-5)22(13-18)29-6/h7-13,17H,14-16H2,1-6H3,(H2,24,25,26). The van der Waals surface area contributed by atoms with Crippen LogP contribution in [0.4, 0.5) is 0 Å². The average Bonchev–Trinajstić information content (AvgIpc) is 2.74. The van der Waals surface area contributed by atoms with Crippen LogP contribution in [0.5, 0.6) is 11.5 Å². The van der Waals surface area contributed by atoms with E-state index < -0.39 is 0 Å². The Kier molecular flexibility index (Phi) is 8.80. The van der Waals surface area contributed by atoms with Gasteiger partial charge in [-0.15, -0.1) is 0 Å². The third-order valence-corrected chi connectivity index (χ3v) is 5.00. The van der Waals surface area contributed by atoms with E-state index in [1.165, 1.54) is 11.1 Å². The van der Waals surface area contributed by atoms with Gasteiger partial charge >= 0.3 is 0 Å². The number of benzene rings is 2. The first-order valence-electron chi connectivity index (χ1n) is 9.91. The van der Waals surface area contributed by atoms with E-state index >= 15 is 0 Å². The van der Waals surface area contributed by atoms with Crippen LogP contribution >= 0.6 is 0 Å². The second-order valence-corrected chi connectivity index (χ2v) is 7.25. The maximum atomic E-state index is 5.37. The molecule has 6 nitrogen and oxygen atoms in total. The van der Waals surface area contributed by atoms with Crippen LogP contribution in [-0.4, -0.2) is 45.2 Å². The van der Waals surface area contributed by atoms with Gasteiger partial charge in [0.05, 0.1) is 14.2 Å². The summed E-state index contributed by atoms with van der Waals surface area (Å²) in [5.74, 6) is 2.20. The first-order valence-corrected chi connectivity index (χ1v) is 9.91. The zero-order valence-electron chi connectivity index (χ0n) is 18.5. The molecule has 158 valence electrons. The van der Waals surface area contributed by atoms with Crippen LogP contribution in [0, 0.1) is 0 Å². The van der Waals surface area contributed by atoms with Crippen LogP contribution in [-0.2, 0) is 19.6 Å². The number of hydrogen-bond acceptors (Lipinski definition) is 4. The highest BCUT2D eigenvalue weighted by Crippen LogP contribution is 2.27. The van der Waals surface area contributed by atoms with Crippen LogP contribution in [0.3, 0.4) is 0 Å². The lowest BCUT2D eigenvalue weighted by Gasteiger charge is -2.23. The van der Waals surface area contributed by atoms with Gasteiger partial charge in [-0.3, -0.25) is 9.89 Å². The topological polar surface area (TPSA) is 58.1 Å². The molecule has 0 amide bonds. The quantitative estimate of drug-likeness (QED) is 0.501. The van der Waals surface area contributed by atoms with Crippen molar-refractivity contribution in [1.29, 1.82) is 0 Å². The van der Waals surface area contributed by atoms with Gasteiger partial charge in [-0.05, 0) is 49.7 Å². The van der Waals surface area contributed by atoms with Gasteiger partial charge in [0.2, 0.25) is 0 Å². The fraction of sp³-hybridized carbons (Fsp3) is 0.435. The molecule has 29 heavy (non-hydrogen) atoms. The van der Waals surface area contributed by atoms with Crippen molar-refractivity contribution >= 4 is 5.96 Å². The first-order chi connectivity index (χ1) is 14.0. The van der Waals surface area contributed by atoms with Crippen molar-refractivity contribution in [2.24, 2.45) is 4.99 Å². The summed E-state index contributed by atoms with van der Waals surface area (Å²) in [5.41, 5.74) is 3.69. The minimum atomic E-state index is 0.506. The molecule has 0 radical (unpaired) electrons. The van der Waals surface area contributed by atoms with Crippen molar-refractivity contribution in [3.63, 3.8) is 0 Å².